The maximum absolute atomic E-state index is 7.37. The summed E-state index contributed by atoms with van der Waals surface area (Å²) in [7, 11) is 1.45. The summed E-state index contributed by atoms with van der Waals surface area (Å²) in [5.41, 5.74) is 6.80. The zero-order chi connectivity index (χ0) is 9.14. The maximum atomic E-state index is 7.37. The standard InChI is InChI=1S/C8H9BrN2O/c1-12-8(11)6-3-2-5(9)4-7(6)10/h2-4,11H,10H2,1H3. The van der Waals surface area contributed by atoms with Crippen molar-refractivity contribution in [1.82, 2.24) is 0 Å². The van der Waals surface area contributed by atoms with Crippen LogP contribution in [0, 0.1) is 5.41 Å². The van der Waals surface area contributed by atoms with E-state index in [0.717, 1.165) is 4.47 Å². The molecule has 0 atom stereocenters. The van der Waals surface area contributed by atoms with Gasteiger partial charge < -0.3 is 10.5 Å². The van der Waals surface area contributed by atoms with E-state index in [0.29, 0.717) is 11.3 Å². The number of benzene rings is 1. The molecule has 0 radical (unpaired) electrons. The van der Waals surface area contributed by atoms with Crippen LogP contribution in [0.3, 0.4) is 0 Å². The molecule has 3 nitrogen and oxygen atoms in total. The van der Waals surface area contributed by atoms with E-state index in [1.807, 2.05) is 6.07 Å². The molecule has 0 saturated heterocycles. The second-order valence-electron chi connectivity index (χ2n) is 2.26. The molecule has 3 N–H and O–H groups in total. The second-order valence-corrected chi connectivity index (χ2v) is 3.18. The molecule has 1 aromatic carbocycles. The van der Waals surface area contributed by atoms with Gasteiger partial charge in [0, 0.05) is 10.2 Å². The van der Waals surface area contributed by atoms with Gasteiger partial charge in [0.1, 0.15) is 0 Å². The molecule has 0 aliphatic heterocycles. The SMILES string of the molecule is COC(=N)c1ccc(Br)cc1N. The van der Waals surface area contributed by atoms with Crippen LogP contribution < -0.4 is 5.73 Å². The maximum Gasteiger partial charge on any atom is 0.215 e. The van der Waals surface area contributed by atoms with Gasteiger partial charge in [0.15, 0.2) is 0 Å². The molecule has 0 aliphatic rings. The lowest BCUT2D eigenvalue weighted by Gasteiger charge is -2.05. The number of hydrogen-bond donors (Lipinski definition) is 2. The molecule has 1 aromatic rings. The molecule has 0 aromatic heterocycles. The average molecular weight is 229 g/mol. The highest BCUT2D eigenvalue weighted by molar-refractivity contribution is 9.10. The predicted octanol–water partition coefficient (Wildman–Crippen LogP) is 2.00. The lowest BCUT2D eigenvalue weighted by atomic mass is 10.2. The smallest absolute Gasteiger partial charge is 0.215 e. The lowest BCUT2D eigenvalue weighted by Crippen LogP contribution is -2.05. The predicted molar refractivity (Wildman–Crippen MR) is 52.4 cm³/mol. The van der Waals surface area contributed by atoms with E-state index in [4.69, 9.17) is 15.9 Å². The highest BCUT2D eigenvalue weighted by Crippen LogP contribution is 2.18. The molecule has 0 spiro atoms. The fourth-order valence-corrected chi connectivity index (χ4v) is 1.23. The minimum Gasteiger partial charge on any atom is -0.481 e. The summed E-state index contributed by atoms with van der Waals surface area (Å²) in [4.78, 5) is 0. The third-order valence-corrected chi connectivity index (χ3v) is 1.96. The third kappa shape index (κ3) is 1.76. The molecule has 0 unspecified atom stereocenters. The Morgan fingerprint density at radius 3 is 2.75 bits per heavy atom. The number of methoxy groups -OCH3 is 1. The highest BCUT2D eigenvalue weighted by atomic mass is 79.9. The number of nitrogen functional groups attached to an aromatic ring is 1. The summed E-state index contributed by atoms with van der Waals surface area (Å²) in [5, 5.41) is 7.37. The van der Waals surface area contributed by atoms with Crippen LogP contribution in [-0.2, 0) is 4.74 Å². The molecule has 4 heteroatoms. The van der Waals surface area contributed by atoms with Gasteiger partial charge in [-0.05, 0) is 18.2 Å². The Hall–Kier alpha value is -1.03. The molecule has 0 saturated carbocycles. The van der Waals surface area contributed by atoms with Gasteiger partial charge in [0.05, 0.1) is 12.7 Å². The molecule has 1 rings (SSSR count). The van der Waals surface area contributed by atoms with Crippen LogP contribution in [0.15, 0.2) is 22.7 Å². The van der Waals surface area contributed by atoms with Crippen molar-refractivity contribution in [2.45, 2.75) is 0 Å². The molecule has 0 bridgehead atoms. The Morgan fingerprint density at radius 2 is 2.25 bits per heavy atom. The normalized spacial score (nSPS) is 9.50. The first-order chi connectivity index (χ1) is 5.65. The molecule has 0 heterocycles. The number of anilines is 1. The average Bonchev–Trinajstić information content (AvgIpc) is 2.03. The summed E-state index contributed by atoms with van der Waals surface area (Å²) in [6.45, 7) is 0. The first-order valence-corrected chi connectivity index (χ1v) is 4.12. The van der Waals surface area contributed by atoms with E-state index in [1.54, 1.807) is 12.1 Å². The number of halogens is 1. The van der Waals surface area contributed by atoms with E-state index in [-0.39, 0.29) is 5.90 Å². The first-order valence-electron chi connectivity index (χ1n) is 3.33. The largest absolute Gasteiger partial charge is 0.481 e. The van der Waals surface area contributed by atoms with E-state index in [2.05, 4.69) is 15.9 Å². The summed E-state index contributed by atoms with van der Waals surface area (Å²) >= 11 is 3.28. The molecular weight excluding hydrogens is 220 g/mol. The van der Waals surface area contributed by atoms with Gasteiger partial charge >= 0.3 is 0 Å². The number of nitrogens with one attached hydrogen (secondary N) is 1. The van der Waals surface area contributed by atoms with Crippen LogP contribution in [0.25, 0.3) is 0 Å². The van der Waals surface area contributed by atoms with Crippen molar-refractivity contribution >= 4 is 27.5 Å². The summed E-state index contributed by atoms with van der Waals surface area (Å²) in [6.07, 6.45) is 0. The van der Waals surface area contributed by atoms with Gasteiger partial charge in [0.25, 0.3) is 0 Å². The zero-order valence-electron chi connectivity index (χ0n) is 6.60. The second kappa shape index (κ2) is 3.58. The fourth-order valence-electron chi connectivity index (χ4n) is 0.850. The summed E-state index contributed by atoms with van der Waals surface area (Å²) in [5.74, 6) is 0.0833. The van der Waals surface area contributed by atoms with Gasteiger partial charge in [-0.1, -0.05) is 15.9 Å². The minimum absolute atomic E-state index is 0.0833. The van der Waals surface area contributed by atoms with Crippen LogP contribution in [0.4, 0.5) is 5.69 Å². The Labute approximate surface area is 79.2 Å². The molecule has 64 valence electrons. The number of ether oxygens (including phenoxy) is 1. The number of hydrogen-bond acceptors (Lipinski definition) is 3. The van der Waals surface area contributed by atoms with Crippen LogP contribution in [0.1, 0.15) is 5.56 Å². The molecule has 0 fully saturated rings. The Balaban J connectivity index is 3.09. The number of nitrogens with two attached hydrogens (primary N) is 1. The third-order valence-electron chi connectivity index (χ3n) is 1.46. The molecule has 0 amide bonds. The molecule has 12 heavy (non-hydrogen) atoms. The van der Waals surface area contributed by atoms with Crippen LogP contribution in [-0.4, -0.2) is 13.0 Å². The van der Waals surface area contributed by atoms with Gasteiger partial charge in [-0.25, -0.2) is 0 Å². The van der Waals surface area contributed by atoms with E-state index >= 15 is 0 Å². The van der Waals surface area contributed by atoms with Crippen molar-refractivity contribution in [3.8, 4) is 0 Å². The van der Waals surface area contributed by atoms with E-state index < -0.39 is 0 Å². The Morgan fingerprint density at radius 1 is 1.58 bits per heavy atom. The Bertz CT molecular complexity index is 312. The van der Waals surface area contributed by atoms with Gasteiger partial charge in [-0.15, -0.1) is 0 Å². The van der Waals surface area contributed by atoms with E-state index in [1.165, 1.54) is 7.11 Å². The van der Waals surface area contributed by atoms with Crippen LogP contribution in [0.5, 0.6) is 0 Å². The van der Waals surface area contributed by atoms with Gasteiger partial charge in [-0.3, -0.25) is 5.41 Å². The summed E-state index contributed by atoms with van der Waals surface area (Å²) < 4.78 is 5.64. The quantitative estimate of drug-likeness (QED) is 0.439. The van der Waals surface area contributed by atoms with Crippen LogP contribution in [0.2, 0.25) is 0 Å². The van der Waals surface area contributed by atoms with Crippen molar-refractivity contribution in [2.75, 3.05) is 12.8 Å². The molecular formula is C8H9BrN2O. The lowest BCUT2D eigenvalue weighted by molar-refractivity contribution is 0.401. The van der Waals surface area contributed by atoms with Crippen molar-refractivity contribution < 1.29 is 4.74 Å². The highest BCUT2D eigenvalue weighted by Gasteiger charge is 2.04. The van der Waals surface area contributed by atoms with Gasteiger partial charge in [-0.2, -0.15) is 0 Å². The first kappa shape index (κ1) is 9.06. The topological polar surface area (TPSA) is 59.1 Å². The fraction of sp³-hybridized carbons (Fsp3) is 0.125. The monoisotopic (exact) mass is 228 g/mol. The van der Waals surface area contributed by atoms with Crippen molar-refractivity contribution in [3.05, 3.63) is 28.2 Å². The van der Waals surface area contributed by atoms with Crippen molar-refractivity contribution in [2.24, 2.45) is 0 Å². The van der Waals surface area contributed by atoms with Gasteiger partial charge in [0.2, 0.25) is 5.90 Å². The van der Waals surface area contributed by atoms with Crippen molar-refractivity contribution in [3.63, 3.8) is 0 Å². The van der Waals surface area contributed by atoms with Crippen molar-refractivity contribution in [1.29, 1.82) is 5.41 Å². The van der Waals surface area contributed by atoms with Crippen LogP contribution >= 0.6 is 15.9 Å². The minimum atomic E-state index is 0.0833. The summed E-state index contributed by atoms with van der Waals surface area (Å²) in [6, 6.07) is 5.30. The zero-order valence-corrected chi connectivity index (χ0v) is 8.18. The molecule has 0 aliphatic carbocycles. The number of rotatable bonds is 1. The van der Waals surface area contributed by atoms with E-state index in [9.17, 15) is 0 Å². The Kier molecular flexibility index (Phi) is 2.70.